The predicted octanol–water partition coefficient (Wildman–Crippen LogP) is 3.23. The number of nitrogens with two attached hydrogens (primary N) is 1. The molecule has 2 heterocycles. The fourth-order valence-electron chi connectivity index (χ4n) is 3.62. The van der Waals surface area contributed by atoms with Crippen LogP contribution >= 0.6 is 0 Å². The Balaban J connectivity index is 1.76. The highest BCUT2D eigenvalue weighted by atomic mass is 16.2. The molecule has 0 radical (unpaired) electrons. The molecule has 0 fully saturated rings. The van der Waals surface area contributed by atoms with Gasteiger partial charge in [-0.05, 0) is 23.8 Å². The Morgan fingerprint density at radius 3 is 2.76 bits per heavy atom. The zero-order chi connectivity index (χ0) is 23.9. The van der Waals surface area contributed by atoms with Crippen molar-refractivity contribution in [3.8, 4) is 0 Å². The quantitative estimate of drug-likeness (QED) is 0.353. The highest BCUT2D eigenvalue weighted by Gasteiger charge is 2.33. The lowest BCUT2D eigenvalue weighted by Crippen LogP contribution is -2.45. The molecule has 34 heavy (non-hydrogen) atoms. The fourth-order valence-corrected chi connectivity index (χ4v) is 3.62. The molecule has 0 spiro atoms. The Kier molecular flexibility index (Phi) is 6.78. The van der Waals surface area contributed by atoms with Crippen molar-refractivity contribution in [1.29, 1.82) is 0 Å². The van der Waals surface area contributed by atoms with Crippen LogP contribution in [0.1, 0.15) is 11.1 Å². The number of allylic oxidation sites excluding steroid dienone is 1. The van der Waals surface area contributed by atoms with Gasteiger partial charge in [-0.2, -0.15) is 4.98 Å². The molecule has 0 bridgehead atoms. The van der Waals surface area contributed by atoms with Gasteiger partial charge in [0.25, 0.3) is 0 Å². The number of rotatable bonds is 8. The minimum Gasteiger partial charge on any atom is -0.403 e. The van der Waals surface area contributed by atoms with Crippen LogP contribution in [-0.2, 0) is 17.9 Å². The van der Waals surface area contributed by atoms with Crippen LogP contribution in [0.25, 0.3) is 0 Å². The van der Waals surface area contributed by atoms with Crippen LogP contribution in [0.2, 0.25) is 0 Å². The highest BCUT2D eigenvalue weighted by Crippen LogP contribution is 2.35. The van der Waals surface area contributed by atoms with Gasteiger partial charge in [0.1, 0.15) is 0 Å². The summed E-state index contributed by atoms with van der Waals surface area (Å²) in [5.41, 5.74) is 9.06. The number of anilines is 4. The number of amides is 3. The number of hydrogen-bond donors (Lipinski definition) is 3. The van der Waals surface area contributed by atoms with E-state index in [4.69, 9.17) is 5.73 Å². The molecule has 0 atom stereocenters. The molecular formula is C24H24N8O2. The number of carbonyl (C=O) groups excluding carboxylic acids is 2. The summed E-state index contributed by atoms with van der Waals surface area (Å²) in [7, 11) is 1.63. The Hall–Kier alpha value is -4.73. The van der Waals surface area contributed by atoms with E-state index in [0.717, 1.165) is 11.1 Å². The second-order valence-electron chi connectivity index (χ2n) is 7.45. The molecule has 2 aromatic carbocycles. The van der Waals surface area contributed by atoms with Crippen molar-refractivity contribution >= 4 is 41.8 Å². The summed E-state index contributed by atoms with van der Waals surface area (Å²) in [5, 5.41) is 5.63. The maximum atomic E-state index is 13.7. The predicted molar refractivity (Wildman–Crippen MR) is 132 cm³/mol. The molecule has 3 amide bonds. The summed E-state index contributed by atoms with van der Waals surface area (Å²) in [6.07, 6.45) is 5.18. The molecule has 1 aliphatic heterocycles. The van der Waals surface area contributed by atoms with E-state index in [0.29, 0.717) is 42.4 Å². The van der Waals surface area contributed by atoms with Crippen LogP contribution in [0.3, 0.4) is 0 Å². The van der Waals surface area contributed by atoms with Gasteiger partial charge in [0.05, 0.1) is 17.9 Å². The summed E-state index contributed by atoms with van der Waals surface area (Å²) in [6.45, 7) is 0.775. The number of carbonyl (C=O) groups is 2. The van der Waals surface area contributed by atoms with Crippen molar-refractivity contribution in [2.24, 2.45) is 10.7 Å². The van der Waals surface area contributed by atoms with Gasteiger partial charge >= 0.3 is 6.03 Å². The van der Waals surface area contributed by atoms with Crippen LogP contribution in [-0.4, -0.2) is 40.6 Å². The molecule has 1 aromatic heterocycles. The fraction of sp³-hybridized carbons (Fsp3) is 0.125. The maximum Gasteiger partial charge on any atom is 0.330 e. The number of benzene rings is 2. The molecule has 0 saturated heterocycles. The summed E-state index contributed by atoms with van der Waals surface area (Å²) >= 11 is 0. The molecule has 0 aliphatic carbocycles. The third kappa shape index (κ3) is 4.85. The van der Waals surface area contributed by atoms with Crippen LogP contribution in [0, 0.1) is 0 Å². The lowest BCUT2D eigenvalue weighted by molar-refractivity contribution is -0.105. The minimum atomic E-state index is -0.242. The Bertz CT molecular complexity index is 1240. The molecule has 1 aliphatic rings. The van der Waals surface area contributed by atoms with Crippen molar-refractivity contribution in [2.75, 3.05) is 22.6 Å². The second kappa shape index (κ2) is 10.3. The third-order valence-electron chi connectivity index (χ3n) is 5.13. The first-order chi connectivity index (χ1) is 16.6. The van der Waals surface area contributed by atoms with Crippen LogP contribution in [0.15, 0.2) is 77.7 Å². The number of urea groups is 1. The van der Waals surface area contributed by atoms with E-state index < -0.39 is 0 Å². The van der Waals surface area contributed by atoms with Crippen molar-refractivity contribution in [3.05, 3.63) is 83.8 Å². The average molecular weight is 457 g/mol. The number of hydrogen-bond acceptors (Lipinski definition) is 7. The molecule has 0 saturated carbocycles. The summed E-state index contributed by atoms with van der Waals surface area (Å²) in [5.74, 6) is 0.715. The van der Waals surface area contributed by atoms with Gasteiger partial charge in [-0.3, -0.25) is 9.79 Å². The largest absolute Gasteiger partial charge is 0.403 e. The van der Waals surface area contributed by atoms with Gasteiger partial charge in [0.2, 0.25) is 12.4 Å². The molecule has 172 valence electrons. The lowest BCUT2D eigenvalue weighted by atomic mass is 10.1. The van der Waals surface area contributed by atoms with Gasteiger partial charge in [-0.25, -0.2) is 14.7 Å². The SMILES string of the molecule is CN=C/C(=C\N)Nc1ncc2c(n1)N(c1cccc(NC=O)c1)C(=O)N(Cc1ccccc1)C2. The monoisotopic (exact) mass is 456 g/mol. The Morgan fingerprint density at radius 1 is 1.21 bits per heavy atom. The molecule has 10 nitrogen and oxygen atoms in total. The van der Waals surface area contributed by atoms with Crippen molar-refractivity contribution < 1.29 is 9.59 Å². The number of nitrogens with one attached hydrogen (secondary N) is 2. The van der Waals surface area contributed by atoms with E-state index in [1.165, 1.54) is 11.1 Å². The third-order valence-corrected chi connectivity index (χ3v) is 5.13. The second-order valence-corrected chi connectivity index (χ2v) is 7.45. The van der Waals surface area contributed by atoms with E-state index in [-0.39, 0.29) is 12.0 Å². The van der Waals surface area contributed by atoms with Crippen LogP contribution in [0.5, 0.6) is 0 Å². The minimum absolute atomic E-state index is 0.242. The molecule has 4 N–H and O–H groups in total. The number of fused-ring (bicyclic) bond motifs is 1. The molecular weight excluding hydrogens is 432 g/mol. The number of aromatic nitrogens is 2. The zero-order valence-corrected chi connectivity index (χ0v) is 18.5. The van der Waals surface area contributed by atoms with Gasteiger partial charge in [-0.1, -0.05) is 36.4 Å². The first-order valence-electron chi connectivity index (χ1n) is 10.5. The van der Waals surface area contributed by atoms with Gasteiger partial charge in [-0.15, -0.1) is 0 Å². The standard InChI is InChI=1S/C24H24N8O2/c1-26-13-20(11-25)29-23-27-12-18-15-31(14-17-6-3-2-4-7-17)24(34)32(22(18)30-23)21-9-5-8-19(10-21)28-16-33/h2-13,16H,14-15,25H2,1H3,(H,28,33)(H,27,29,30)/b20-11+,26-13?. The average Bonchev–Trinajstić information content (AvgIpc) is 2.85. The van der Waals surface area contributed by atoms with E-state index in [1.54, 1.807) is 48.6 Å². The van der Waals surface area contributed by atoms with Crippen molar-refractivity contribution in [3.63, 3.8) is 0 Å². The Labute approximate surface area is 196 Å². The normalized spacial score (nSPS) is 13.7. The van der Waals surface area contributed by atoms with Crippen LogP contribution in [0.4, 0.5) is 27.9 Å². The van der Waals surface area contributed by atoms with Crippen molar-refractivity contribution in [1.82, 2.24) is 14.9 Å². The van der Waals surface area contributed by atoms with Gasteiger partial charge in [0.15, 0.2) is 5.82 Å². The maximum absolute atomic E-state index is 13.7. The number of aliphatic imine (C=N–C) groups is 1. The van der Waals surface area contributed by atoms with E-state index in [1.807, 2.05) is 30.3 Å². The summed E-state index contributed by atoms with van der Waals surface area (Å²) < 4.78 is 0. The summed E-state index contributed by atoms with van der Waals surface area (Å²) in [6, 6.07) is 16.5. The summed E-state index contributed by atoms with van der Waals surface area (Å²) in [4.78, 5) is 40.8. The first kappa shape index (κ1) is 22.5. The smallest absolute Gasteiger partial charge is 0.330 e. The lowest BCUT2D eigenvalue weighted by Gasteiger charge is -2.36. The number of nitrogens with zero attached hydrogens (tertiary/aromatic N) is 5. The topological polar surface area (TPSA) is 129 Å². The van der Waals surface area contributed by atoms with E-state index in [9.17, 15) is 9.59 Å². The highest BCUT2D eigenvalue weighted by molar-refractivity contribution is 6.01. The van der Waals surface area contributed by atoms with Crippen molar-refractivity contribution in [2.45, 2.75) is 13.1 Å². The van der Waals surface area contributed by atoms with E-state index >= 15 is 0 Å². The molecule has 10 heteroatoms. The molecule has 3 aromatic rings. The molecule has 4 rings (SSSR count). The van der Waals surface area contributed by atoms with Gasteiger partial charge in [0, 0.05) is 43.5 Å². The first-order valence-corrected chi connectivity index (χ1v) is 10.5. The van der Waals surface area contributed by atoms with Crippen LogP contribution < -0.4 is 21.3 Å². The molecule has 0 unspecified atom stereocenters. The Morgan fingerprint density at radius 2 is 2.03 bits per heavy atom. The van der Waals surface area contributed by atoms with Gasteiger partial charge < -0.3 is 21.3 Å². The van der Waals surface area contributed by atoms with E-state index in [2.05, 4.69) is 25.6 Å². The zero-order valence-electron chi connectivity index (χ0n) is 18.5.